The average molecular weight is 433 g/mol. The van der Waals surface area contributed by atoms with Crippen LogP contribution in [0.1, 0.15) is 28.9 Å². The number of carbonyl (C=O) groups excluding carboxylic acids is 1. The maximum Gasteiger partial charge on any atom is 0.254 e. The predicted octanol–water partition coefficient (Wildman–Crippen LogP) is 4.03. The van der Waals surface area contributed by atoms with Gasteiger partial charge in [-0.2, -0.15) is 10.2 Å². The number of benzene rings is 1. The Morgan fingerprint density at radius 2 is 1.97 bits per heavy atom. The fourth-order valence-electron chi connectivity index (χ4n) is 4.01. The summed E-state index contributed by atoms with van der Waals surface area (Å²) < 4.78 is 1.81. The first kappa shape index (κ1) is 19.6. The number of thiophene rings is 1. The van der Waals surface area contributed by atoms with Crippen LogP contribution in [0.2, 0.25) is 0 Å². The van der Waals surface area contributed by atoms with E-state index >= 15 is 0 Å². The van der Waals surface area contributed by atoms with Gasteiger partial charge in [0.2, 0.25) is 0 Å². The quantitative estimate of drug-likeness (QED) is 0.499. The molecule has 0 saturated carbocycles. The van der Waals surface area contributed by atoms with Crippen LogP contribution in [0.3, 0.4) is 0 Å². The topological polar surface area (TPSA) is 78.8 Å². The molecule has 0 atom stereocenters. The average Bonchev–Trinajstić information content (AvgIpc) is 3.55. The number of anilines is 1. The summed E-state index contributed by atoms with van der Waals surface area (Å²) in [6.07, 6.45) is 3.43. The zero-order valence-electron chi connectivity index (χ0n) is 17.3. The molecule has 1 saturated heterocycles. The molecular weight excluding hydrogens is 408 g/mol. The summed E-state index contributed by atoms with van der Waals surface area (Å²) >= 11 is 1.70. The molecule has 1 aliphatic rings. The van der Waals surface area contributed by atoms with Crippen LogP contribution in [-0.4, -0.2) is 45.0 Å². The number of aromatic amines is 1. The highest BCUT2D eigenvalue weighted by Crippen LogP contribution is 2.27. The number of para-hydroxylation sites is 1. The van der Waals surface area contributed by atoms with Crippen LogP contribution >= 0.6 is 11.3 Å². The lowest BCUT2D eigenvalue weighted by Crippen LogP contribution is -2.44. The van der Waals surface area contributed by atoms with Gasteiger partial charge in [-0.25, -0.2) is 4.68 Å². The molecule has 0 spiro atoms. The Bertz CT molecular complexity index is 1160. The Labute approximate surface area is 184 Å². The van der Waals surface area contributed by atoms with Gasteiger partial charge in [0.15, 0.2) is 5.82 Å². The van der Waals surface area contributed by atoms with Crippen LogP contribution in [0.4, 0.5) is 5.82 Å². The zero-order chi connectivity index (χ0) is 21.2. The lowest BCUT2D eigenvalue weighted by atomic mass is 10.0. The fraction of sp³-hybridized carbons (Fsp3) is 0.261. The highest BCUT2D eigenvalue weighted by molar-refractivity contribution is 7.13. The molecular formula is C23H24N6OS. The summed E-state index contributed by atoms with van der Waals surface area (Å²) in [7, 11) is 0. The second-order valence-electron chi connectivity index (χ2n) is 7.74. The van der Waals surface area contributed by atoms with Crippen LogP contribution in [-0.2, 0) is 0 Å². The summed E-state index contributed by atoms with van der Waals surface area (Å²) in [5, 5.41) is 17.3. The number of H-pyrrole nitrogens is 1. The second kappa shape index (κ2) is 8.39. The summed E-state index contributed by atoms with van der Waals surface area (Å²) in [4.78, 5) is 16.3. The Morgan fingerprint density at radius 1 is 1.16 bits per heavy atom. The number of carbonyl (C=O) groups is 1. The second-order valence-corrected chi connectivity index (χ2v) is 8.69. The number of nitrogens with zero attached hydrogens (tertiary/aromatic N) is 4. The Hall–Kier alpha value is -3.39. The van der Waals surface area contributed by atoms with Crippen molar-refractivity contribution in [3.63, 3.8) is 0 Å². The van der Waals surface area contributed by atoms with E-state index in [-0.39, 0.29) is 11.9 Å². The van der Waals surface area contributed by atoms with Gasteiger partial charge in [-0.15, -0.1) is 11.3 Å². The molecule has 0 aliphatic carbocycles. The fourth-order valence-corrected chi connectivity index (χ4v) is 4.70. The molecule has 1 amide bonds. The maximum absolute atomic E-state index is 12.9. The molecule has 31 heavy (non-hydrogen) atoms. The molecule has 4 heterocycles. The van der Waals surface area contributed by atoms with E-state index in [9.17, 15) is 4.79 Å². The Kier molecular flexibility index (Phi) is 5.30. The number of hydrogen-bond donors (Lipinski definition) is 2. The minimum absolute atomic E-state index is 0.0575. The molecule has 7 nitrogen and oxygen atoms in total. The van der Waals surface area contributed by atoms with Crippen molar-refractivity contribution in [3.8, 4) is 16.3 Å². The molecule has 4 aromatic rings. The van der Waals surface area contributed by atoms with Crippen LogP contribution in [0.15, 0.2) is 60.1 Å². The van der Waals surface area contributed by atoms with Gasteiger partial charge >= 0.3 is 0 Å². The summed E-state index contributed by atoms with van der Waals surface area (Å²) in [5.41, 5.74) is 3.47. The van der Waals surface area contributed by atoms with Gasteiger partial charge in [-0.05, 0) is 43.3 Å². The monoisotopic (exact) mass is 432 g/mol. The molecule has 0 unspecified atom stereocenters. The summed E-state index contributed by atoms with van der Waals surface area (Å²) in [6, 6.07) is 16.2. The standard InChI is InChI=1S/C23H24N6OS/c1-16-19(15-24-29(16)18-6-3-2-4-7-18)23(30)25-17-9-11-28(12-10-17)22-14-20(26-27-22)21-8-5-13-31-21/h2-8,13-15,17H,9-12H2,1H3,(H,25,30)(H,26,27). The van der Waals surface area contributed by atoms with Crippen molar-refractivity contribution in [1.29, 1.82) is 0 Å². The highest BCUT2D eigenvalue weighted by atomic mass is 32.1. The van der Waals surface area contributed by atoms with Gasteiger partial charge in [0, 0.05) is 25.2 Å². The van der Waals surface area contributed by atoms with E-state index in [0.717, 1.165) is 48.8 Å². The minimum Gasteiger partial charge on any atom is -0.355 e. The van der Waals surface area contributed by atoms with Crippen molar-refractivity contribution in [2.24, 2.45) is 0 Å². The molecule has 2 N–H and O–H groups in total. The first-order valence-electron chi connectivity index (χ1n) is 10.4. The first-order chi connectivity index (χ1) is 15.2. The van der Waals surface area contributed by atoms with Gasteiger partial charge in [0.1, 0.15) is 0 Å². The van der Waals surface area contributed by atoms with Crippen LogP contribution in [0, 0.1) is 6.92 Å². The molecule has 0 radical (unpaired) electrons. The van der Waals surface area contributed by atoms with E-state index in [1.165, 1.54) is 4.88 Å². The van der Waals surface area contributed by atoms with E-state index in [1.54, 1.807) is 22.2 Å². The number of hydrogen-bond acceptors (Lipinski definition) is 5. The predicted molar refractivity (Wildman–Crippen MR) is 123 cm³/mol. The number of rotatable bonds is 5. The van der Waals surface area contributed by atoms with Gasteiger partial charge in [-0.1, -0.05) is 24.3 Å². The molecule has 5 rings (SSSR count). The lowest BCUT2D eigenvalue weighted by Gasteiger charge is -2.32. The molecule has 8 heteroatoms. The van der Waals surface area contributed by atoms with Gasteiger partial charge in [0.05, 0.1) is 33.7 Å². The van der Waals surface area contributed by atoms with Crippen LogP contribution in [0.5, 0.6) is 0 Å². The first-order valence-corrected chi connectivity index (χ1v) is 11.3. The molecule has 1 aliphatic heterocycles. The number of aromatic nitrogens is 4. The lowest BCUT2D eigenvalue weighted by molar-refractivity contribution is 0.0930. The van der Waals surface area contributed by atoms with Gasteiger partial charge in [-0.3, -0.25) is 9.89 Å². The van der Waals surface area contributed by atoms with E-state index in [1.807, 2.05) is 43.3 Å². The third-order valence-electron chi connectivity index (χ3n) is 5.76. The van der Waals surface area contributed by atoms with Crippen molar-refractivity contribution in [2.75, 3.05) is 18.0 Å². The largest absolute Gasteiger partial charge is 0.355 e. The molecule has 158 valence electrons. The maximum atomic E-state index is 12.9. The summed E-state index contributed by atoms with van der Waals surface area (Å²) in [6.45, 7) is 3.66. The van der Waals surface area contributed by atoms with Gasteiger partial charge in [0.25, 0.3) is 5.91 Å². The Balaban J connectivity index is 1.19. The molecule has 1 aromatic carbocycles. The van der Waals surface area contributed by atoms with Crippen molar-refractivity contribution < 1.29 is 4.79 Å². The van der Waals surface area contributed by atoms with Crippen molar-refractivity contribution in [1.82, 2.24) is 25.3 Å². The third kappa shape index (κ3) is 3.98. The van der Waals surface area contributed by atoms with Crippen molar-refractivity contribution in [2.45, 2.75) is 25.8 Å². The molecule has 1 fully saturated rings. The Morgan fingerprint density at radius 3 is 2.71 bits per heavy atom. The number of piperidine rings is 1. The number of amides is 1. The minimum atomic E-state index is -0.0575. The third-order valence-corrected chi connectivity index (χ3v) is 6.66. The van der Waals surface area contributed by atoms with Crippen LogP contribution in [0.25, 0.3) is 16.3 Å². The van der Waals surface area contributed by atoms with Crippen molar-refractivity contribution in [3.05, 3.63) is 71.4 Å². The smallest absolute Gasteiger partial charge is 0.254 e. The molecule has 3 aromatic heterocycles. The van der Waals surface area contributed by atoms with Gasteiger partial charge < -0.3 is 10.2 Å². The van der Waals surface area contributed by atoms with E-state index < -0.39 is 0 Å². The molecule has 0 bridgehead atoms. The number of nitrogens with one attached hydrogen (secondary N) is 2. The van der Waals surface area contributed by atoms with Crippen molar-refractivity contribution >= 4 is 23.1 Å². The normalized spacial score (nSPS) is 14.7. The highest BCUT2D eigenvalue weighted by Gasteiger charge is 2.24. The van der Waals surface area contributed by atoms with E-state index in [2.05, 4.69) is 43.0 Å². The van der Waals surface area contributed by atoms with Crippen LogP contribution < -0.4 is 10.2 Å². The SMILES string of the molecule is Cc1c(C(=O)NC2CCN(c3cc(-c4cccs4)[nH]n3)CC2)cnn1-c1ccccc1. The van der Waals surface area contributed by atoms with E-state index in [0.29, 0.717) is 5.56 Å². The van der Waals surface area contributed by atoms with E-state index in [4.69, 9.17) is 0 Å². The zero-order valence-corrected chi connectivity index (χ0v) is 18.1. The summed E-state index contributed by atoms with van der Waals surface area (Å²) in [5.74, 6) is 0.908.